The van der Waals surface area contributed by atoms with Crippen molar-refractivity contribution in [2.45, 2.75) is 13.2 Å². The van der Waals surface area contributed by atoms with E-state index in [2.05, 4.69) is 33.1 Å². The summed E-state index contributed by atoms with van der Waals surface area (Å²) in [4.78, 5) is 4.49. The number of nitrogens with one attached hydrogen (secondary N) is 1. The Hall–Kier alpha value is -1.35. The number of para-hydroxylation sites is 2. The molecule has 0 saturated carbocycles. The van der Waals surface area contributed by atoms with Crippen LogP contribution in [0.3, 0.4) is 0 Å². The molecule has 1 aromatic carbocycles. The minimum Gasteiger partial charge on any atom is -0.313 e. The lowest BCUT2D eigenvalue weighted by Crippen LogP contribution is -2.04. The Bertz CT molecular complexity index is 430. The molecule has 2 heterocycles. The quantitative estimate of drug-likeness (QED) is 0.623. The van der Waals surface area contributed by atoms with E-state index >= 15 is 0 Å². The van der Waals surface area contributed by atoms with E-state index in [1.807, 2.05) is 6.07 Å². The summed E-state index contributed by atoms with van der Waals surface area (Å²) in [5.41, 5.74) is 2.34. The average Bonchev–Trinajstić information content (AvgIpc) is 2.62. The minimum atomic E-state index is 0.898. The van der Waals surface area contributed by atoms with Gasteiger partial charge in [-0.3, -0.25) is 5.32 Å². The molecule has 0 radical (unpaired) electrons. The fourth-order valence-corrected chi connectivity index (χ4v) is 1.72. The molecule has 3 rings (SSSR count). The first-order chi connectivity index (χ1) is 5.95. The van der Waals surface area contributed by atoms with E-state index in [4.69, 9.17) is 0 Å². The summed E-state index contributed by atoms with van der Waals surface area (Å²) in [5.74, 6) is 1.15. The number of fused-ring (bicyclic) bond motifs is 3. The summed E-state index contributed by atoms with van der Waals surface area (Å²) in [6.45, 7) is 1.80. The number of nitrogens with zero attached hydrogens (tertiary/aromatic N) is 2. The minimum absolute atomic E-state index is 0.898. The molecule has 3 nitrogen and oxygen atoms in total. The summed E-state index contributed by atoms with van der Waals surface area (Å²) in [6.07, 6.45) is 0. The molecule has 0 fully saturated rings. The van der Waals surface area contributed by atoms with Crippen LogP contribution in [0.2, 0.25) is 0 Å². The van der Waals surface area contributed by atoms with Crippen LogP contribution in [0.1, 0.15) is 5.82 Å². The second-order valence-corrected chi connectivity index (χ2v) is 3.03. The van der Waals surface area contributed by atoms with Gasteiger partial charge in [-0.15, -0.1) is 0 Å². The third-order valence-electron chi connectivity index (χ3n) is 2.29. The highest BCUT2D eigenvalue weighted by molar-refractivity contribution is 5.76. The van der Waals surface area contributed by atoms with Gasteiger partial charge in [0.25, 0.3) is 0 Å². The monoisotopic (exact) mass is 159 g/mol. The zero-order valence-electron chi connectivity index (χ0n) is 6.62. The molecule has 3 heteroatoms. The van der Waals surface area contributed by atoms with E-state index < -0.39 is 0 Å². The van der Waals surface area contributed by atoms with Gasteiger partial charge in [0, 0.05) is 0 Å². The van der Waals surface area contributed by atoms with Gasteiger partial charge in [-0.2, -0.15) is 0 Å². The van der Waals surface area contributed by atoms with Gasteiger partial charge < -0.3 is 4.57 Å². The number of benzene rings is 1. The van der Waals surface area contributed by atoms with E-state index in [1.54, 1.807) is 0 Å². The van der Waals surface area contributed by atoms with Gasteiger partial charge in [0.2, 0.25) is 0 Å². The molecule has 1 N–H and O–H groups in total. The van der Waals surface area contributed by atoms with E-state index in [-0.39, 0.29) is 0 Å². The molecule has 0 bridgehead atoms. The van der Waals surface area contributed by atoms with Crippen molar-refractivity contribution >= 4 is 11.0 Å². The normalized spacial score (nSPS) is 15.3. The predicted molar refractivity (Wildman–Crippen MR) is 46.6 cm³/mol. The number of hydrogen-bond acceptors (Lipinski definition) is 2. The summed E-state index contributed by atoms with van der Waals surface area (Å²) < 4.78 is 2.22. The van der Waals surface area contributed by atoms with E-state index in [0.717, 1.165) is 24.6 Å². The van der Waals surface area contributed by atoms with Gasteiger partial charge in [0.15, 0.2) is 0 Å². The lowest BCUT2D eigenvalue weighted by molar-refractivity contribution is 0.675. The van der Waals surface area contributed by atoms with Crippen molar-refractivity contribution in [3.05, 3.63) is 30.1 Å². The number of imidazole rings is 1. The molecule has 1 aromatic heterocycles. The Morgan fingerprint density at radius 1 is 1.33 bits per heavy atom. The zero-order valence-corrected chi connectivity index (χ0v) is 6.62. The molecular formula is C9H9N3. The third-order valence-corrected chi connectivity index (χ3v) is 2.29. The average molecular weight is 159 g/mol. The standard InChI is InChI=1S/C9H9N3/c1-2-4-8-7(3-1)11-9-5-10-6-12(8)9/h1-4,10H,5-6H2. The van der Waals surface area contributed by atoms with Crippen LogP contribution in [-0.4, -0.2) is 9.55 Å². The molecule has 1 aliphatic rings. The summed E-state index contributed by atoms with van der Waals surface area (Å²) in [6, 6.07) is 8.24. The van der Waals surface area contributed by atoms with Crippen molar-refractivity contribution in [3.8, 4) is 0 Å². The topological polar surface area (TPSA) is 29.9 Å². The molecule has 0 aliphatic carbocycles. The Balaban J connectivity index is 2.44. The van der Waals surface area contributed by atoms with Gasteiger partial charge in [-0.1, -0.05) is 12.1 Å². The number of hydrogen-bond donors (Lipinski definition) is 1. The summed E-state index contributed by atoms with van der Waals surface area (Å²) in [5, 5.41) is 3.26. The van der Waals surface area contributed by atoms with Gasteiger partial charge in [0.05, 0.1) is 24.2 Å². The second kappa shape index (κ2) is 2.08. The lowest BCUT2D eigenvalue weighted by Gasteiger charge is -1.95. The Labute approximate surface area is 70.0 Å². The first-order valence-electron chi connectivity index (χ1n) is 4.10. The molecule has 1 aliphatic heterocycles. The van der Waals surface area contributed by atoms with Gasteiger partial charge in [0.1, 0.15) is 5.82 Å². The van der Waals surface area contributed by atoms with Crippen LogP contribution < -0.4 is 5.32 Å². The van der Waals surface area contributed by atoms with Gasteiger partial charge in [-0.25, -0.2) is 4.98 Å². The van der Waals surface area contributed by atoms with E-state index in [9.17, 15) is 0 Å². The van der Waals surface area contributed by atoms with Crippen LogP contribution in [0, 0.1) is 0 Å². The van der Waals surface area contributed by atoms with Crippen molar-refractivity contribution in [1.82, 2.24) is 14.9 Å². The maximum atomic E-state index is 4.49. The van der Waals surface area contributed by atoms with Crippen LogP contribution in [0.15, 0.2) is 24.3 Å². The molecule has 2 aromatic rings. The lowest BCUT2D eigenvalue weighted by atomic mass is 10.3. The first kappa shape index (κ1) is 6.20. The molecular weight excluding hydrogens is 150 g/mol. The van der Waals surface area contributed by atoms with Gasteiger partial charge >= 0.3 is 0 Å². The maximum absolute atomic E-state index is 4.49. The third kappa shape index (κ3) is 0.662. The Kier molecular flexibility index (Phi) is 1.07. The SMILES string of the molecule is c1ccc2c(c1)nc1n2CNC1. The van der Waals surface area contributed by atoms with Crippen molar-refractivity contribution < 1.29 is 0 Å². The molecule has 12 heavy (non-hydrogen) atoms. The van der Waals surface area contributed by atoms with Crippen LogP contribution in [0.5, 0.6) is 0 Å². The number of aromatic nitrogens is 2. The second-order valence-electron chi connectivity index (χ2n) is 3.03. The zero-order chi connectivity index (χ0) is 7.97. The Morgan fingerprint density at radius 3 is 3.25 bits per heavy atom. The molecule has 0 amide bonds. The fourth-order valence-electron chi connectivity index (χ4n) is 1.72. The van der Waals surface area contributed by atoms with Crippen LogP contribution in [-0.2, 0) is 13.2 Å². The number of rotatable bonds is 0. The smallest absolute Gasteiger partial charge is 0.125 e. The van der Waals surface area contributed by atoms with Crippen molar-refractivity contribution in [2.24, 2.45) is 0 Å². The van der Waals surface area contributed by atoms with Crippen molar-refractivity contribution in [2.75, 3.05) is 0 Å². The Morgan fingerprint density at radius 2 is 2.25 bits per heavy atom. The molecule has 0 spiro atoms. The maximum Gasteiger partial charge on any atom is 0.125 e. The first-order valence-corrected chi connectivity index (χ1v) is 4.10. The highest BCUT2D eigenvalue weighted by Gasteiger charge is 2.13. The van der Waals surface area contributed by atoms with Gasteiger partial charge in [-0.05, 0) is 12.1 Å². The summed E-state index contributed by atoms with van der Waals surface area (Å²) >= 11 is 0. The van der Waals surface area contributed by atoms with Crippen LogP contribution in [0.25, 0.3) is 11.0 Å². The molecule has 0 atom stereocenters. The molecule has 0 unspecified atom stereocenters. The largest absolute Gasteiger partial charge is 0.313 e. The molecule has 0 saturated heterocycles. The van der Waals surface area contributed by atoms with Crippen LogP contribution in [0.4, 0.5) is 0 Å². The van der Waals surface area contributed by atoms with E-state index in [0.29, 0.717) is 0 Å². The van der Waals surface area contributed by atoms with Crippen molar-refractivity contribution in [3.63, 3.8) is 0 Å². The summed E-state index contributed by atoms with van der Waals surface area (Å²) in [7, 11) is 0. The highest BCUT2D eigenvalue weighted by Crippen LogP contribution is 2.17. The fraction of sp³-hybridized carbons (Fsp3) is 0.222. The predicted octanol–water partition coefficient (Wildman–Crippen LogP) is 1.10. The highest BCUT2D eigenvalue weighted by atomic mass is 15.2. The van der Waals surface area contributed by atoms with E-state index in [1.165, 1.54) is 5.52 Å². The molecule has 60 valence electrons. The van der Waals surface area contributed by atoms with Crippen molar-refractivity contribution in [1.29, 1.82) is 0 Å². The van der Waals surface area contributed by atoms with Crippen LogP contribution >= 0.6 is 0 Å².